The van der Waals surface area contributed by atoms with Crippen LogP contribution in [0.2, 0.25) is 0 Å². The van der Waals surface area contributed by atoms with E-state index in [0.29, 0.717) is 49.4 Å². The van der Waals surface area contributed by atoms with Crippen molar-refractivity contribution in [1.82, 2.24) is 5.32 Å². The van der Waals surface area contributed by atoms with Crippen molar-refractivity contribution in [2.24, 2.45) is 0 Å². The molecule has 0 unspecified atom stereocenters. The average molecular weight is 541 g/mol. The molecular formula is C30H34F2N2O3S. The number of nitrogens with one attached hydrogen (secondary N) is 1. The molecule has 1 N–H and O–H groups in total. The second-order valence-electron chi connectivity index (χ2n) is 10.8. The van der Waals surface area contributed by atoms with Gasteiger partial charge in [-0.3, -0.25) is 9.00 Å². The number of benzene rings is 3. The molecule has 0 radical (unpaired) electrons. The number of nitrogens with zero attached hydrogens (tertiary/aromatic N) is 1. The predicted octanol–water partition coefficient (Wildman–Crippen LogP) is 5.86. The maximum absolute atomic E-state index is 14.2. The lowest BCUT2D eigenvalue weighted by Gasteiger charge is -2.27. The molecule has 2 aliphatic rings. The van der Waals surface area contributed by atoms with Crippen LogP contribution in [0.1, 0.15) is 47.7 Å². The lowest BCUT2D eigenvalue weighted by molar-refractivity contribution is -0.0200. The van der Waals surface area contributed by atoms with Crippen LogP contribution in [-0.4, -0.2) is 41.7 Å². The molecule has 0 atom stereocenters. The van der Waals surface area contributed by atoms with Crippen LogP contribution in [0.4, 0.5) is 20.2 Å². The van der Waals surface area contributed by atoms with E-state index in [2.05, 4.69) is 10.2 Å². The van der Waals surface area contributed by atoms with Crippen LogP contribution < -0.4 is 15.0 Å². The Morgan fingerprint density at radius 3 is 2.34 bits per heavy atom. The Hall–Kier alpha value is -3.26. The summed E-state index contributed by atoms with van der Waals surface area (Å²) in [6.07, 6.45) is 5.26. The molecule has 202 valence electrons. The van der Waals surface area contributed by atoms with Crippen molar-refractivity contribution in [1.29, 1.82) is 0 Å². The standard InChI is InChI=1S/C30H34F2N2O3S/c1-29(31,32)30(15-16-30)23-8-10-24(11-9-23)34-17-4-18-37-27-19-22(7-14-26(27)34)28(35)33-20-21-5-12-25(13-6-21)38(2,3)36/h5-14,19,38H,4,15-18,20H2,1-3H3,(H,33,35). The summed E-state index contributed by atoms with van der Waals surface area (Å²) >= 11 is 0. The van der Waals surface area contributed by atoms with Crippen LogP contribution in [0, 0.1) is 0 Å². The van der Waals surface area contributed by atoms with Gasteiger partial charge < -0.3 is 15.0 Å². The summed E-state index contributed by atoms with van der Waals surface area (Å²) < 4.78 is 46.6. The molecule has 1 aliphatic carbocycles. The second-order valence-corrected chi connectivity index (χ2v) is 14.0. The number of hydrogen-bond donors (Lipinski definition) is 2. The Balaban J connectivity index is 1.31. The van der Waals surface area contributed by atoms with Gasteiger partial charge in [0.15, 0.2) is 0 Å². The fraction of sp³-hybridized carbons (Fsp3) is 0.367. The quantitative estimate of drug-likeness (QED) is 0.369. The van der Waals surface area contributed by atoms with Crippen LogP contribution in [0.15, 0.2) is 71.6 Å². The van der Waals surface area contributed by atoms with Crippen LogP contribution in [0.3, 0.4) is 0 Å². The van der Waals surface area contributed by atoms with Gasteiger partial charge in [-0.15, -0.1) is 0 Å². The van der Waals surface area contributed by atoms with Gasteiger partial charge in [0.2, 0.25) is 0 Å². The molecule has 1 aliphatic heterocycles. The monoisotopic (exact) mass is 540 g/mol. The molecule has 1 fully saturated rings. The lowest BCUT2D eigenvalue weighted by Crippen LogP contribution is -2.30. The van der Waals surface area contributed by atoms with Gasteiger partial charge in [-0.05, 0) is 85.4 Å². The minimum atomic E-state index is -2.74. The van der Waals surface area contributed by atoms with E-state index in [1.807, 2.05) is 54.6 Å². The summed E-state index contributed by atoms with van der Waals surface area (Å²) in [6.45, 7) is 2.59. The van der Waals surface area contributed by atoms with E-state index in [0.717, 1.165) is 35.2 Å². The number of amides is 1. The number of fused-ring (bicyclic) bond motifs is 1. The Kier molecular flexibility index (Phi) is 6.80. The van der Waals surface area contributed by atoms with Gasteiger partial charge in [0.25, 0.3) is 11.8 Å². The van der Waals surface area contributed by atoms with Crippen molar-refractivity contribution in [2.45, 2.75) is 49.0 Å². The molecule has 0 bridgehead atoms. The molecule has 0 spiro atoms. The Morgan fingerprint density at radius 2 is 1.74 bits per heavy atom. The molecule has 1 saturated carbocycles. The first kappa shape index (κ1) is 26.4. The summed E-state index contributed by atoms with van der Waals surface area (Å²) in [6, 6.07) is 20.3. The van der Waals surface area contributed by atoms with E-state index >= 15 is 0 Å². The third-order valence-corrected chi connectivity index (χ3v) is 9.17. The highest BCUT2D eigenvalue weighted by atomic mass is 32.2. The summed E-state index contributed by atoms with van der Waals surface area (Å²) in [5.74, 6) is -2.34. The third kappa shape index (κ3) is 5.19. The van der Waals surface area contributed by atoms with Crippen molar-refractivity contribution in [3.63, 3.8) is 0 Å². The van der Waals surface area contributed by atoms with Gasteiger partial charge in [-0.2, -0.15) is 0 Å². The SMILES string of the molecule is CC(F)(F)C1(c2ccc(N3CCCOc4cc(C(=O)NCc5ccc([SH](C)(C)=O)cc5)ccc43)cc2)CC1. The highest BCUT2D eigenvalue weighted by Gasteiger charge is 2.59. The molecule has 3 aromatic carbocycles. The first-order chi connectivity index (χ1) is 18.0. The van der Waals surface area contributed by atoms with Crippen molar-refractivity contribution in [3.8, 4) is 5.75 Å². The van der Waals surface area contributed by atoms with Gasteiger partial charge in [-0.1, -0.05) is 34.2 Å². The van der Waals surface area contributed by atoms with Crippen LogP contribution >= 0.6 is 0 Å². The average Bonchev–Trinajstić information content (AvgIpc) is 3.71. The van der Waals surface area contributed by atoms with Crippen molar-refractivity contribution in [3.05, 3.63) is 83.4 Å². The second kappa shape index (κ2) is 9.80. The summed E-state index contributed by atoms with van der Waals surface area (Å²) in [7, 11) is -2.32. The number of hydrogen-bond acceptors (Lipinski definition) is 4. The first-order valence-corrected chi connectivity index (χ1v) is 15.5. The third-order valence-electron chi connectivity index (χ3n) is 7.63. The zero-order valence-electron chi connectivity index (χ0n) is 22.0. The normalized spacial score (nSPS) is 17.1. The van der Waals surface area contributed by atoms with Crippen LogP contribution in [0.25, 0.3) is 0 Å². The maximum Gasteiger partial charge on any atom is 0.254 e. The zero-order chi connectivity index (χ0) is 27.1. The van der Waals surface area contributed by atoms with Crippen LogP contribution in [-0.2, 0) is 21.9 Å². The van der Waals surface area contributed by atoms with Gasteiger partial charge in [0, 0.05) is 36.2 Å². The number of ether oxygens (including phenoxy) is 1. The van der Waals surface area contributed by atoms with Crippen molar-refractivity contribution < 1.29 is 22.5 Å². The smallest absolute Gasteiger partial charge is 0.254 e. The van der Waals surface area contributed by atoms with Crippen LogP contribution in [0.5, 0.6) is 5.75 Å². The zero-order valence-corrected chi connectivity index (χ0v) is 22.9. The highest BCUT2D eigenvalue weighted by molar-refractivity contribution is 8.01. The fourth-order valence-corrected chi connectivity index (χ4v) is 5.98. The lowest BCUT2D eigenvalue weighted by atomic mass is 9.90. The fourth-order valence-electron chi connectivity index (χ4n) is 5.11. The Labute approximate surface area is 223 Å². The number of thiol groups is 1. The van der Waals surface area contributed by atoms with Gasteiger partial charge in [0.05, 0.1) is 17.7 Å². The maximum atomic E-state index is 14.2. The molecule has 5 nitrogen and oxygen atoms in total. The topological polar surface area (TPSA) is 58.6 Å². The molecular weight excluding hydrogens is 506 g/mol. The summed E-state index contributed by atoms with van der Waals surface area (Å²) in [5, 5.41) is 2.94. The molecule has 0 saturated heterocycles. The number of carbonyl (C=O) groups is 1. The van der Waals surface area contributed by atoms with Gasteiger partial charge in [-0.25, -0.2) is 8.78 Å². The molecule has 1 heterocycles. The van der Waals surface area contributed by atoms with Gasteiger partial charge in [0.1, 0.15) is 5.75 Å². The van der Waals surface area contributed by atoms with Crippen molar-refractivity contribution in [2.75, 3.05) is 30.6 Å². The van der Waals surface area contributed by atoms with E-state index in [1.54, 1.807) is 24.6 Å². The summed E-state index contributed by atoms with van der Waals surface area (Å²) in [5.41, 5.74) is 2.80. The van der Waals surface area contributed by atoms with E-state index in [4.69, 9.17) is 4.74 Å². The Morgan fingerprint density at radius 1 is 1.05 bits per heavy atom. The van der Waals surface area contributed by atoms with Crippen molar-refractivity contribution >= 4 is 27.2 Å². The molecule has 1 amide bonds. The number of carbonyl (C=O) groups excluding carboxylic acids is 1. The summed E-state index contributed by atoms with van der Waals surface area (Å²) in [4.78, 5) is 15.8. The minimum absolute atomic E-state index is 0.215. The molecule has 8 heteroatoms. The number of halogens is 2. The van der Waals surface area contributed by atoms with E-state index in [1.165, 1.54) is 0 Å². The predicted molar refractivity (Wildman–Crippen MR) is 149 cm³/mol. The van der Waals surface area contributed by atoms with E-state index in [9.17, 15) is 17.8 Å². The molecule has 0 aromatic heterocycles. The number of rotatable bonds is 7. The number of anilines is 2. The Bertz CT molecular complexity index is 1370. The number of alkyl halides is 2. The molecule has 3 aromatic rings. The highest BCUT2D eigenvalue weighted by Crippen LogP contribution is 2.58. The minimum Gasteiger partial charge on any atom is -0.491 e. The van der Waals surface area contributed by atoms with Gasteiger partial charge >= 0.3 is 0 Å². The van der Waals surface area contributed by atoms with E-state index in [-0.39, 0.29) is 5.91 Å². The molecule has 5 rings (SSSR count). The molecule has 38 heavy (non-hydrogen) atoms. The first-order valence-electron chi connectivity index (χ1n) is 12.9. The van der Waals surface area contributed by atoms with E-state index < -0.39 is 21.3 Å². The largest absolute Gasteiger partial charge is 0.491 e.